The molecule has 16 heavy (non-hydrogen) atoms. The number of carbonyl (C=O) groups excluding carboxylic acids is 1. The van der Waals surface area contributed by atoms with Crippen LogP contribution >= 0.6 is 15.9 Å². The van der Waals surface area contributed by atoms with Crippen LogP contribution < -0.4 is 15.2 Å². The zero-order valence-corrected chi connectivity index (χ0v) is 10.4. The van der Waals surface area contributed by atoms with Gasteiger partial charge in [-0.15, -0.1) is 0 Å². The second-order valence-corrected chi connectivity index (χ2v) is 3.71. The number of hydrogen-bond acceptors (Lipinski definition) is 4. The van der Waals surface area contributed by atoms with Crippen molar-refractivity contribution >= 4 is 21.7 Å². The minimum absolute atomic E-state index is 0.00887. The molecule has 4 nitrogen and oxygen atoms in total. The molecule has 0 radical (unpaired) electrons. The van der Waals surface area contributed by atoms with Gasteiger partial charge in [0.05, 0.1) is 26.3 Å². The summed E-state index contributed by atoms with van der Waals surface area (Å²) in [6.07, 6.45) is 0. The maximum atomic E-state index is 13.5. The van der Waals surface area contributed by atoms with Gasteiger partial charge in [0.1, 0.15) is 10.2 Å². The zero-order chi connectivity index (χ0) is 12.3. The van der Waals surface area contributed by atoms with E-state index in [-0.39, 0.29) is 28.1 Å². The van der Waals surface area contributed by atoms with E-state index in [1.54, 1.807) is 0 Å². The van der Waals surface area contributed by atoms with E-state index in [9.17, 15) is 9.18 Å². The molecule has 0 atom stereocenters. The van der Waals surface area contributed by atoms with Crippen LogP contribution in [-0.4, -0.2) is 26.5 Å². The van der Waals surface area contributed by atoms with Crippen molar-refractivity contribution in [2.45, 2.75) is 0 Å². The predicted octanol–water partition coefficient (Wildman–Crippen LogP) is 1.75. The van der Waals surface area contributed by atoms with E-state index in [2.05, 4.69) is 15.9 Å². The van der Waals surface area contributed by atoms with E-state index in [1.807, 2.05) is 0 Å². The Balaban J connectivity index is 3.46. The molecule has 0 aliphatic heterocycles. The Labute approximate surface area is 101 Å². The fourth-order valence-electron chi connectivity index (χ4n) is 1.29. The first-order valence-electron chi connectivity index (χ1n) is 4.40. The van der Waals surface area contributed by atoms with Crippen molar-refractivity contribution in [2.75, 3.05) is 20.8 Å². The Morgan fingerprint density at radius 1 is 1.44 bits per heavy atom. The maximum Gasteiger partial charge on any atom is 0.180 e. The van der Waals surface area contributed by atoms with Crippen molar-refractivity contribution in [2.24, 2.45) is 5.73 Å². The zero-order valence-electron chi connectivity index (χ0n) is 8.84. The van der Waals surface area contributed by atoms with E-state index in [1.165, 1.54) is 14.2 Å². The Morgan fingerprint density at radius 3 is 2.44 bits per heavy atom. The second-order valence-electron chi connectivity index (χ2n) is 2.91. The van der Waals surface area contributed by atoms with Crippen molar-refractivity contribution in [3.63, 3.8) is 0 Å². The van der Waals surface area contributed by atoms with E-state index in [4.69, 9.17) is 15.2 Å². The highest BCUT2D eigenvalue weighted by Gasteiger charge is 2.21. The Hall–Kier alpha value is -1.14. The van der Waals surface area contributed by atoms with Gasteiger partial charge in [0.2, 0.25) is 0 Å². The van der Waals surface area contributed by atoms with Crippen molar-refractivity contribution in [1.29, 1.82) is 0 Å². The molecule has 0 unspecified atom stereocenters. The van der Waals surface area contributed by atoms with Gasteiger partial charge in [-0.3, -0.25) is 4.79 Å². The van der Waals surface area contributed by atoms with Gasteiger partial charge in [0.25, 0.3) is 0 Å². The van der Waals surface area contributed by atoms with Crippen LogP contribution in [0.5, 0.6) is 11.5 Å². The van der Waals surface area contributed by atoms with Gasteiger partial charge in [0.15, 0.2) is 17.3 Å². The number of benzene rings is 1. The molecule has 1 aromatic rings. The molecule has 0 saturated carbocycles. The highest BCUT2D eigenvalue weighted by atomic mass is 79.9. The average Bonchev–Trinajstić information content (AvgIpc) is 2.28. The molecule has 0 spiro atoms. The van der Waals surface area contributed by atoms with Crippen LogP contribution in [0.15, 0.2) is 10.5 Å². The van der Waals surface area contributed by atoms with E-state index in [0.717, 1.165) is 6.07 Å². The molecule has 0 aliphatic rings. The maximum absolute atomic E-state index is 13.5. The molecular weight excluding hydrogens is 281 g/mol. The van der Waals surface area contributed by atoms with Gasteiger partial charge in [0, 0.05) is 0 Å². The summed E-state index contributed by atoms with van der Waals surface area (Å²) in [5.41, 5.74) is 5.32. The number of methoxy groups -OCH3 is 2. The van der Waals surface area contributed by atoms with Crippen LogP contribution in [0.4, 0.5) is 4.39 Å². The number of carbonyl (C=O) groups is 1. The number of Topliss-reactive ketones (excluding diaryl/α,β-unsaturated/α-hetero) is 1. The van der Waals surface area contributed by atoms with Gasteiger partial charge in [-0.2, -0.15) is 0 Å². The molecule has 6 heteroatoms. The van der Waals surface area contributed by atoms with Crippen molar-refractivity contribution in [3.8, 4) is 11.5 Å². The first kappa shape index (κ1) is 12.9. The van der Waals surface area contributed by atoms with Gasteiger partial charge in [-0.1, -0.05) is 0 Å². The molecule has 0 heterocycles. The van der Waals surface area contributed by atoms with Crippen LogP contribution in [-0.2, 0) is 0 Å². The topological polar surface area (TPSA) is 61.5 Å². The fraction of sp³-hybridized carbons (Fsp3) is 0.300. The highest BCUT2D eigenvalue weighted by Crippen LogP contribution is 2.39. The van der Waals surface area contributed by atoms with Crippen LogP contribution in [0.25, 0.3) is 0 Å². The Bertz CT molecular complexity index is 423. The molecule has 1 aromatic carbocycles. The number of hydrogen-bond donors (Lipinski definition) is 1. The summed E-state index contributed by atoms with van der Waals surface area (Å²) >= 11 is 3.12. The first-order chi connectivity index (χ1) is 7.56. The summed E-state index contributed by atoms with van der Waals surface area (Å²) in [6.45, 7) is -0.214. The summed E-state index contributed by atoms with van der Waals surface area (Å²) in [6, 6.07) is 1.05. The van der Waals surface area contributed by atoms with Gasteiger partial charge < -0.3 is 15.2 Å². The number of rotatable bonds is 4. The predicted molar refractivity (Wildman–Crippen MR) is 60.6 cm³/mol. The molecular formula is C10H11BrFNO3. The van der Waals surface area contributed by atoms with Gasteiger partial charge in [-0.05, 0) is 22.0 Å². The van der Waals surface area contributed by atoms with Crippen LogP contribution in [0.3, 0.4) is 0 Å². The van der Waals surface area contributed by atoms with Gasteiger partial charge >= 0.3 is 0 Å². The fourth-order valence-corrected chi connectivity index (χ4v) is 2.01. The Morgan fingerprint density at radius 2 is 2.00 bits per heavy atom. The summed E-state index contributed by atoms with van der Waals surface area (Å²) < 4.78 is 23.6. The van der Waals surface area contributed by atoms with Crippen LogP contribution in [0, 0.1) is 5.82 Å². The Kier molecular flexibility index (Phi) is 4.26. The van der Waals surface area contributed by atoms with Crippen molar-refractivity contribution in [3.05, 3.63) is 21.9 Å². The first-order valence-corrected chi connectivity index (χ1v) is 5.19. The number of ketones is 1. The lowest BCUT2D eigenvalue weighted by atomic mass is 10.1. The molecule has 0 bridgehead atoms. The lowest BCUT2D eigenvalue weighted by Crippen LogP contribution is -2.15. The third kappa shape index (κ3) is 2.17. The van der Waals surface area contributed by atoms with Crippen LogP contribution in [0.1, 0.15) is 10.4 Å². The van der Waals surface area contributed by atoms with E-state index < -0.39 is 11.6 Å². The summed E-state index contributed by atoms with van der Waals surface area (Å²) in [5.74, 6) is -0.842. The molecule has 0 aliphatic carbocycles. The molecule has 1 rings (SSSR count). The van der Waals surface area contributed by atoms with Gasteiger partial charge in [-0.25, -0.2) is 4.39 Å². The minimum Gasteiger partial charge on any atom is -0.495 e. The van der Waals surface area contributed by atoms with E-state index >= 15 is 0 Å². The second kappa shape index (κ2) is 5.27. The average molecular weight is 292 g/mol. The largest absolute Gasteiger partial charge is 0.495 e. The number of halogens is 2. The molecule has 0 fully saturated rings. The van der Waals surface area contributed by atoms with Crippen molar-refractivity contribution < 1.29 is 18.7 Å². The standard InChI is InChI=1S/C10H11BrFNO3/c1-15-9-5(7(14)4-13)3-6(12)10(16-2)8(9)11/h3H,4,13H2,1-2H3. The third-order valence-corrected chi connectivity index (χ3v) is 2.75. The molecule has 0 saturated heterocycles. The smallest absolute Gasteiger partial charge is 0.180 e. The van der Waals surface area contributed by atoms with Crippen molar-refractivity contribution in [1.82, 2.24) is 0 Å². The number of ether oxygens (including phenoxy) is 2. The lowest BCUT2D eigenvalue weighted by Gasteiger charge is -2.13. The molecule has 0 amide bonds. The quantitative estimate of drug-likeness (QED) is 0.859. The monoisotopic (exact) mass is 291 g/mol. The number of nitrogens with two attached hydrogens (primary N) is 1. The highest BCUT2D eigenvalue weighted by molar-refractivity contribution is 9.10. The molecule has 88 valence electrons. The van der Waals surface area contributed by atoms with E-state index in [0.29, 0.717) is 0 Å². The normalized spacial score (nSPS) is 10.1. The summed E-state index contributed by atoms with van der Waals surface area (Å²) in [5, 5.41) is 0. The molecule has 0 aromatic heterocycles. The van der Waals surface area contributed by atoms with Crippen LogP contribution in [0.2, 0.25) is 0 Å². The summed E-state index contributed by atoms with van der Waals surface area (Å²) in [7, 11) is 2.71. The SMILES string of the molecule is COc1c(F)cc(C(=O)CN)c(OC)c1Br. The minimum atomic E-state index is -0.646. The molecule has 2 N–H and O–H groups in total. The lowest BCUT2D eigenvalue weighted by molar-refractivity contribution is 0.0997. The summed E-state index contributed by atoms with van der Waals surface area (Å²) in [4.78, 5) is 11.5. The third-order valence-electron chi connectivity index (χ3n) is 2.03.